The first-order valence-corrected chi connectivity index (χ1v) is 7.98. The van der Waals surface area contributed by atoms with E-state index < -0.39 is 0 Å². The van der Waals surface area contributed by atoms with E-state index in [0.717, 1.165) is 6.42 Å². The van der Waals surface area contributed by atoms with Gasteiger partial charge in [-0.3, -0.25) is 14.9 Å². The van der Waals surface area contributed by atoms with Gasteiger partial charge in [-0.25, -0.2) is 4.98 Å². The minimum absolute atomic E-state index is 0.0603. The third-order valence-corrected chi connectivity index (χ3v) is 3.71. The number of carbonyl (C=O) groups is 2. The van der Waals surface area contributed by atoms with Gasteiger partial charge in [-0.05, 0) is 24.5 Å². The zero-order chi connectivity index (χ0) is 15.9. The number of nitrogens with zero attached hydrogens (tertiary/aromatic N) is 1. The molecule has 0 aliphatic carbocycles. The van der Waals surface area contributed by atoms with E-state index in [9.17, 15) is 9.59 Å². The van der Waals surface area contributed by atoms with E-state index in [0.29, 0.717) is 23.3 Å². The quantitative estimate of drug-likeness (QED) is 0.821. The number of furan rings is 1. The van der Waals surface area contributed by atoms with Crippen LogP contribution in [0.2, 0.25) is 0 Å². The average molecular weight is 321 g/mol. The standard InChI is InChI=1S/C15H19N3O3S/c1-10(2)5-6-16-13(19)8-11-9-22-15(17-11)18-14(20)12-4-3-7-21-12/h3-4,7,9-10H,5-6,8H2,1-2H3,(H,16,19)(H,17,18,20). The molecule has 118 valence electrons. The smallest absolute Gasteiger partial charge is 0.293 e. The molecule has 0 bridgehead atoms. The van der Waals surface area contributed by atoms with Gasteiger partial charge in [0.1, 0.15) is 0 Å². The van der Waals surface area contributed by atoms with Crippen LogP contribution < -0.4 is 10.6 Å². The van der Waals surface area contributed by atoms with Crippen molar-refractivity contribution in [2.75, 3.05) is 11.9 Å². The van der Waals surface area contributed by atoms with E-state index >= 15 is 0 Å². The highest BCUT2D eigenvalue weighted by Gasteiger charge is 2.12. The fourth-order valence-corrected chi connectivity index (χ4v) is 2.44. The Kier molecular flexibility index (Phi) is 5.71. The molecule has 2 N–H and O–H groups in total. The number of anilines is 1. The first-order chi connectivity index (χ1) is 10.5. The van der Waals surface area contributed by atoms with Crippen LogP contribution in [0, 0.1) is 5.92 Å². The van der Waals surface area contributed by atoms with E-state index in [4.69, 9.17) is 4.42 Å². The molecule has 0 unspecified atom stereocenters. The van der Waals surface area contributed by atoms with Crippen molar-refractivity contribution in [3.63, 3.8) is 0 Å². The molecule has 0 aliphatic heterocycles. The van der Waals surface area contributed by atoms with E-state index in [2.05, 4.69) is 29.5 Å². The Hall–Kier alpha value is -2.15. The van der Waals surface area contributed by atoms with Crippen LogP contribution in [0.5, 0.6) is 0 Å². The number of thiazole rings is 1. The largest absolute Gasteiger partial charge is 0.459 e. The maximum atomic E-state index is 11.8. The van der Waals surface area contributed by atoms with E-state index in [-0.39, 0.29) is 24.0 Å². The van der Waals surface area contributed by atoms with Crippen molar-refractivity contribution < 1.29 is 14.0 Å². The zero-order valence-electron chi connectivity index (χ0n) is 12.6. The average Bonchev–Trinajstić information content (AvgIpc) is 3.09. The second kappa shape index (κ2) is 7.74. The molecule has 6 nitrogen and oxygen atoms in total. The lowest BCUT2D eigenvalue weighted by Gasteiger charge is -2.05. The summed E-state index contributed by atoms with van der Waals surface area (Å²) in [5, 5.41) is 7.71. The summed E-state index contributed by atoms with van der Waals surface area (Å²) >= 11 is 1.28. The Morgan fingerprint density at radius 2 is 2.23 bits per heavy atom. The van der Waals surface area contributed by atoms with Gasteiger partial charge in [0.15, 0.2) is 10.9 Å². The summed E-state index contributed by atoms with van der Waals surface area (Å²) in [7, 11) is 0. The van der Waals surface area contributed by atoms with E-state index in [1.54, 1.807) is 17.5 Å². The lowest BCUT2D eigenvalue weighted by Crippen LogP contribution is -2.27. The Morgan fingerprint density at radius 3 is 2.91 bits per heavy atom. The lowest BCUT2D eigenvalue weighted by atomic mass is 10.1. The molecule has 2 heterocycles. The molecule has 0 radical (unpaired) electrons. The molecular formula is C15H19N3O3S. The van der Waals surface area contributed by atoms with Crippen molar-refractivity contribution >= 4 is 28.3 Å². The Bertz CT molecular complexity index is 620. The summed E-state index contributed by atoms with van der Waals surface area (Å²) in [6.07, 6.45) is 2.60. The number of aromatic nitrogens is 1. The molecule has 0 fully saturated rings. The first-order valence-electron chi connectivity index (χ1n) is 7.10. The van der Waals surface area contributed by atoms with Gasteiger partial charge in [0.05, 0.1) is 18.4 Å². The highest BCUT2D eigenvalue weighted by molar-refractivity contribution is 7.14. The van der Waals surface area contributed by atoms with Crippen LogP contribution in [0.3, 0.4) is 0 Å². The Morgan fingerprint density at radius 1 is 1.41 bits per heavy atom. The summed E-state index contributed by atoms with van der Waals surface area (Å²) in [4.78, 5) is 27.8. The SMILES string of the molecule is CC(C)CCNC(=O)Cc1csc(NC(=O)c2ccco2)n1. The number of carbonyl (C=O) groups excluding carboxylic acids is 2. The third-order valence-electron chi connectivity index (χ3n) is 2.90. The summed E-state index contributed by atoms with van der Waals surface area (Å²) in [5.74, 6) is 0.369. The molecule has 0 saturated heterocycles. The molecule has 0 aromatic carbocycles. The second-order valence-electron chi connectivity index (χ2n) is 5.28. The Labute approximate surface area is 132 Å². The van der Waals surface area contributed by atoms with Crippen molar-refractivity contribution in [3.05, 3.63) is 35.2 Å². The summed E-state index contributed by atoms with van der Waals surface area (Å²) in [6, 6.07) is 3.22. The highest BCUT2D eigenvalue weighted by Crippen LogP contribution is 2.17. The van der Waals surface area contributed by atoms with E-state index in [1.165, 1.54) is 17.6 Å². The first kappa shape index (κ1) is 16.2. The van der Waals surface area contributed by atoms with Crippen LogP contribution in [0.25, 0.3) is 0 Å². The highest BCUT2D eigenvalue weighted by atomic mass is 32.1. The van der Waals surface area contributed by atoms with Crippen LogP contribution in [-0.4, -0.2) is 23.3 Å². The summed E-state index contributed by atoms with van der Waals surface area (Å²) in [6.45, 7) is 4.89. The third kappa shape index (κ3) is 5.00. The molecular weight excluding hydrogens is 302 g/mol. The molecule has 0 atom stereocenters. The monoisotopic (exact) mass is 321 g/mol. The van der Waals surface area contributed by atoms with Gasteiger partial charge in [0.2, 0.25) is 5.91 Å². The predicted octanol–water partition coefficient (Wildman–Crippen LogP) is 2.69. The van der Waals surface area contributed by atoms with Gasteiger partial charge in [0.25, 0.3) is 5.91 Å². The number of hydrogen-bond donors (Lipinski definition) is 2. The summed E-state index contributed by atoms with van der Waals surface area (Å²) in [5.41, 5.74) is 0.641. The molecule has 2 rings (SSSR count). The summed E-state index contributed by atoms with van der Waals surface area (Å²) < 4.78 is 5.00. The molecule has 0 aliphatic rings. The van der Waals surface area contributed by atoms with Gasteiger partial charge >= 0.3 is 0 Å². The van der Waals surface area contributed by atoms with Crippen LogP contribution >= 0.6 is 11.3 Å². The van der Waals surface area contributed by atoms with Crippen LogP contribution in [0.1, 0.15) is 36.5 Å². The molecule has 7 heteroatoms. The normalized spacial score (nSPS) is 10.7. The van der Waals surface area contributed by atoms with Gasteiger partial charge in [-0.1, -0.05) is 13.8 Å². The van der Waals surface area contributed by atoms with Crippen LogP contribution in [-0.2, 0) is 11.2 Å². The number of rotatable bonds is 7. The van der Waals surface area contributed by atoms with Crippen LogP contribution in [0.15, 0.2) is 28.2 Å². The number of amides is 2. The second-order valence-corrected chi connectivity index (χ2v) is 6.14. The van der Waals surface area contributed by atoms with Crippen molar-refractivity contribution in [2.45, 2.75) is 26.7 Å². The van der Waals surface area contributed by atoms with Crippen molar-refractivity contribution in [3.8, 4) is 0 Å². The van der Waals surface area contributed by atoms with Crippen molar-refractivity contribution in [1.82, 2.24) is 10.3 Å². The predicted molar refractivity (Wildman–Crippen MR) is 84.9 cm³/mol. The molecule has 0 spiro atoms. The minimum atomic E-state index is -0.354. The zero-order valence-corrected chi connectivity index (χ0v) is 13.4. The van der Waals surface area contributed by atoms with Crippen molar-refractivity contribution in [1.29, 1.82) is 0 Å². The maximum absolute atomic E-state index is 11.8. The maximum Gasteiger partial charge on any atom is 0.293 e. The van der Waals surface area contributed by atoms with Gasteiger partial charge in [-0.15, -0.1) is 11.3 Å². The van der Waals surface area contributed by atoms with Gasteiger partial charge in [-0.2, -0.15) is 0 Å². The van der Waals surface area contributed by atoms with Crippen molar-refractivity contribution in [2.24, 2.45) is 5.92 Å². The van der Waals surface area contributed by atoms with Crippen LogP contribution in [0.4, 0.5) is 5.13 Å². The molecule has 2 aromatic rings. The lowest BCUT2D eigenvalue weighted by molar-refractivity contribution is -0.120. The minimum Gasteiger partial charge on any atom is -0.459 e. The topological polar surface area (TPSA) is 84.2 Å². The number of hydrogen-bond acceptors (Lipinski definition) is 5. The molecule has 2 aromatic heterocycles. The molecule has 22 heavy (non-hydrogen) atoms. The Balaban J connectivity index is 1.81. The van der Waals surface area contributed by atoms with Gasteiger partial charge < -0.3 is 9.73 Å². The fraction of sp³-hybridized carbons (Fsp3) is 0.400. The molecule has 0 saturated carbocycles. The molecule has 2 amide bonds. The fourth-order valence-electron chi connectivity index (χ4n) is 1.74. The number of nitrogens with one attached hydrogen (secondary N) is 2. The van der Waals surface area contributed by atoms with E-state index in [1.807, 2.05) is 0 Å². The van der Waals surface area contributed by atoms with Gasteiger partial charge in [0, 0.05) is 11.9 Å².